The second-order valence-corrected chi connectivity index (χ2v) is 5.85. The third-order valence-corrected chi connectivity index (χ3v) is 4.44. The summed E-state index contributed by atoms with van der Waals surface area (Å²) in [6.07, 6.45) is 8.13. The quantitative estimate of drug-likeness (QED) is 0.491. The molecule has 0 heterocycles. The molecule has 0 aromatic rings. The predicted octanol–water partition coefficient (Wildman–Crippen LogP) is 4.32. The van der Waals surface area contributed by atoms with E-state index in [1.54, 1.807) is 0 Å². The third-order valence-electron chi connectivity index (χ3n) is 2.88. The molecule has 0 saturated heterocycles. The molecule has 13 heavy (non-hydrogen) atoms. The van der Waals surface area contributed by atoms with Gasteiger partial charge in [-0.2, -0.15) is 11.8 Å². The van der Waals surface area contributed by atoms with Gasteiger partial charge in [0, 0.05) is 5.38 Å². The highest BCUT2D eigenvalue weighted by atomic mass is 35.5. The van der Waals surface area contributed by atoms with E-state index in [2.05, 4.69) is 18.7 Å². The van der Waals surface area contributed by atoms with Crippen molar-refractivity contribution in [2.75, 3.05) is 11.5 Å². The van der Waals surface area contributed by atoms with E-state index in [1.807, 2.05) is 0 Å². The number of alkyl halides is 1. The molecule has 1 rings (SSSR count). The molecule has 2 heteroatoms. The maximum absolute atomic E-state index is 6.29. The van der Waals surface area contributed by atoms with Crippen LogP contribution in [-0.2, 0) is 0 Å². The van der Waals surface area contributed by atoms with Crippen LogP contribution in [0.4, 0.5) is 0 Å². The number of rotatable bonds is 5. The molecular weight excluding hydrogens is 200 g/mol. The molecule has 0 radical (unpaired) electrons. The summed E-state index contributed by atoms with van der Waals surface area (Å²) < 4.78 is 0. The maximum atomic E-state index is 6.29. The van der Waals surface area contributed by atoms with Crippen LogP contribution in [0.1, 0.15) is 45.4 Å². The highest BCUT2D eigenvalue weighted by molar-refractivity contribution is 7.99. The number of hydrogen-bond acceptors (Lipinski definition) is 1. The maximum Gasteiger partial charge on any atom is 0.0364 e. The standard InChI is InChI=1S/C11H21ClS/c1-2-13-9-5-7-10-6-3-4-8-11(10)12/h10-11H,2-9H2,1H3. The first kappa shape index (κ1) is 11.7. The second-order valence-electron chi connectivity index (χ2n) is 3.90. The van der Waals surface area contributed by atoms with Crippen LogP contribution in [0.25, 0.3) is 0 Å². The average molecular weight is 221 g/mol. The first-order chi connectivity index (χ1) is 6.34. The largest absolute Gasteiger partial charge is 0.162 e. The number of thioether (sulfide) groups is 1. The van der Waals surface area contributed by atoms with Gasteiger partial charge in [-0.15, -0.1) is 11.6 Å². The summed E-state index contributed by atoms with van der Waals surface area (Å²) in [5.74, 6) is 3.42. The first-order valence-corrected chi connectivity index (χ1v) is 7.15. The van der Waals surface area contributed by atoms with Crippen LogP contribution in [0.5, 0.6) is 0 Å². The van der Waals surface area contributed by atoms with Crippen molar-refractivity contribution in [1.82, 2.24) is 0 Å². The molecule has 2 unspecified atom stereocenters. The van der Waals surface area contributed by atoms with Gasteiger partial charge in [-0.25, -0.2) is 0 Å². The lowest BCUT2D eigenvalue weighted by Crippen LogP contribution is -2.19. The van der Waals surface area contributed by atoms with Gasteiger partial charge in [-0.1, -0.05) is 19.8 Å². The predicted molar refractivity (Wildman–Crippen MR) is 63.8 cm³/mol. The monoisotopic (exact) mass is 220 g/mol. The lowest BCUT2D eigenvalue weighted by atomic mass is 9.86. The Morgan fingerprint density at radius 2 is 2.08 bits per heavy atom. The highest BCUT2D eigenvalue weighted by Crippen LogP contribution is 2.31. The molecule has 1 saturated carbocycles. The fourth-order valence-corrected chi connectivity index (χ4v) is 3.15. The van der Waals surface area contributed by atoms with Crippen LogP contribution in [0.3, 0.4) is 0 Å². The molecule has 0 bridgehead atoms. The van der Waals surface area contributed by atoms with Gasteiger partial charge in [0.15, 0.2) is 0 Å². The molecule has 1 aliphatic rings. The number of hydrogen-bond donors (Lipinski definition) is 0. The summed E-state index contributed by atoms with van der Waals surface area (Å²) in [7, 11) is 0. The zero-order chi connectivity index (χ0) is 9.52. The van der Waals surface area contributed by atoms with Crippen LogP contribution in [-0.4, -0.2) is 16.9 Å². The van der Waals surface area contributed by atoms with Gasteiger partial charge in [0.2, 0.25) is 0 Å². The van der Waals surface area contributed by atoms with E-state index in [4.69, 9.17) is 11.6 Å². The van der Waals surface area contributed by atoms with Crippen LogP contribution in [0.2, 0.25) is 0 Å². The van der Waals surface area contributed by atoms with Crippen LogP contribution >= 0.6 is 23.4 Å². The van der Waals surface area contributed by atoms with Crippen LogP contribution in [0, 0.1) is 5.92 Å². The average Bonchev–Trinajstić information content (AvgIpc) is 2.15. The fraction of sp³-hybridized carbons (Fsp3) is 1.00. The topological polar surface area (TPSA) is 0 Å². The summed E-state index contributed by atoms with van der Waals surface area (Å²) in [5, 5.41) is 0.486. The molecule has 1 fully saturated rings. The molecule has 0 aromatic heterocycles. The molecule has 0 spiro atoms. The van der Waals surface area contributed by atoms with Gasteiger partial charge in [-0.05, 0) is 43.1 Å². The Kier molecular flexibility index (Phi) is 6.31. The molecule has 0 aromatic carbocycles. The van der Waals surface area contributed by atoms with Gasteiger partial charge in [0.05, 0.1) is 0 Å². The van der Waals surface area contributed by atoms with Crippen molar-refractivity contribution in [2.45, 2.75) is 50.8 Å². The van der Waals surface area contributed by atoms with Gasteiger partial charge >= 0.3 is 0 Å². The third kappa shape index (κ3) is 4.60. The van der Waals surface area contributed by atoms with E-state index >= 15 is 0 Å². The van der Waals surface area contributed by atoms with E-state index in [9.17, 15) is 0 Å². The smallest absolute Gasteiger partial charge is 0.0364 e. The summed E-state index contributed by atoms with van der Waals surface area (Å²) in [6.45, 7) is 2.23. The molecule has 0 amide bonds. The first-order valence-electron chi connectivity index (χ1n) is 5.56. The normalized spacial score (nSPS) is 29.1. The molecule has 0 aliphatic heterocycles. The van der Waals surface area contributed by atoms with Crippen LogP contribution in [0.15, 0.2) is 0 Å². The Balaban J connectivity index is 2.05. The summed E-state index contributed by atoms with van der Waals surface area (Å²) in [6, 6.07) is 0. The zero-order valence-electron chi connectivity index (χ0n) is 8.60. The van der Waals surface area contributed by atoms with Crippen molar-refractivity contribution < 1.29 is 0 Å². The molecule has 0 N–H and O–H groups in total. The Morgan fingerprint density at radius 3 is 2.77 bits per heavy atom. The Bertz CT molecular complexity index is 127. The number of halogens is 1. The minimum Gasteiger partial charge on any atom is -0.162 e. The minimum atomic E-state index is 0.486. The molecule has 2 atom stereocenters. The summed E-state index contributed by atoms with van der Waals surface area (Å²) >= 11 is 8.34. The van der Waals surface area contributed by atoms with E-state index < -0.39 is 0 Å². The second kappa shape index (κ2) is 7.00. The Labute approximate surface area is 91.8 Å². The van der Waals surface area contributed by atoms with E-state index in [0.717, 1.165) is 5.92 Å². The van der Waals surface area contributed by atoms with Gasteiger partial charge in [-0.3, -0.25) is 0 Å². The lowest BCUT2D eigenvalue weighted by Gasteiger charge is -2.26. The highest BCUT2D eigenvalue weighted by Gasteiger charge is 2.22. The lowest BCUT2D eigenvalue weighted by molar-refractivity contribution is 0.344. The van der Waals surface area contributed by atoms with E-state index in [-0.39, 0.29) is 0 Å². The van der Waals surface area contributed by atoms with E-state index in [0.29, 0.717) is 5.38 Å². The van der Waals surface area contributed by atoms with Crippen LogP contribution < -0.4 is 0 Å². The summed E-state index contributed by atoms with van der Waals surface area (Å²) in [4.78, 5) is 0. The Hall–Kier alpha value is 0.640. The van der Waals surface area contributed by atoms with Crippen molar-refractivity contribution in [1.29, 1.82) is 0 Å². The van der Waals surface area contributed by atoms with Crippen molar-refractivity contribution in [3.05, 3.63) is 0 Å². The van der Waals surface area contributed by atoms with Crippen molar-refractivity contribution in [2.24, 2.45) is 5.92 Å². The van der Waals surface area contributed by atoms with Crippen molar-refractivity contribution in [3.8, 4) is 0 Å². The molecule has 0 nitrogen and oxygen atoms in total. The fourth-order valence-electron chi connectivity index (χ4n) is 2.08. The van der Waals surface area contributed by atoms with Gasteiger partial charge in [0.25, 0.3) is 0 Å². The minimum absolute atomic E-state index is 0.486. The zero-order valence-corrected chi connectivity index (χ0v) is 10.2. The van der Waals surface area contributed by atoms with E-state index in [1.165, 1.54) is 50.0 Å². The van der Waals surface area contributed by atoms with Gasteiger partial charge < -0.3 is 0 Å². The molecular formula is C11H21ClS. The van der Waals surface area contributed by atoms with Gasteiger partial charge in [0.1, 0.15) is 0 Å². The molecule has 78 valence electrons. The molecule has 1 aliphatic carbocycles. The SMILES string of the molecule is CCSCCCC1CCCCC1Cl. The van der Waals surface area contributed by atoms with Crippen molar-refractivity contribution >= 4 is 23.4 Å². The Morgan fingerprint density at radius 1 is 1.31 bits per heavy atom. The summed E-state index contributed by atoms with van der Waals surface area (Å²) in [5.41, 5.74) is 0. The van der Waals surface area contributed by atoms with Crippen molar-refractivity contribution in [3.63, 3.8) is 0 Å².